The lowest BCUT2D eigenvalue weighted by molar-refractivity contribution is -0.136. The molecule has 2 N–H and O–H groups in total. The molecule has 0 radical (unpaired) electrons. The van der Waals surface area contributed by atoms with Crippen LogP contribution in [0.3, 0.4) is 0 Å². The van der Waals surface area contributed by atoms with Gasteiger partial charge in [-0.25, -0.2) is 9.59 Å². The smallest absolute Gasteiger partial charge is 0.338 e. The van der Waals surface area contributed by atoms with Crippen LogP contribution in [0.4, 0.5) is 4.79 Å². The molecule has 0 spiro atoms. The summed E-state index contributed by atoms with van der Waals surface area (Å²) in [5, 5.41) is 5.65. The van der Waals surface area contributed by atoms with Gasteiger partial charge in [-0.15, -0.1) is 0 Å². The molecule has 3 rings (SSSR count). The number of benzene rings is 1. The van der Waals surface area contributed by atoms with Crippen LogP contribution in [0.5, 0.6) is 5.75 Å². The zero-order valence-corrected chi connectivity index (χ0v) is 15.2. The van der Waals surface area contributed by atoms with Crippen molar-refractivity contribution in [2.75, 3.05) is 33.9 Å². The number of carbonyl (C=O) groups is 2. The number of rotatable bonds is 5. The Kier molecular flexibility index (Phi) is 5.78. The number of ether oxygens (including phenoxy) is 2. The molecule has 26 heavy (non-hydrogen) atoms. The zero-order chi connectivity index (χ0) is 18.5. The maximum absolute atomic E-state index is 12.5. The van der Waals surface area contributed by atoms with E-state index in [1.54, 1.807) is 7.11 Å². The highest BCUT2D eigenvalue weighted by Crippen LogP contribution is 2.30. The predicted molar refractivity (Wildman–Crippen MR) is 96.7 cm³/mol. The van der Waals surface area contributed by atoms with Crippen LogP contribution >= 0.6 is 0 Å². The summed E-state index contributed by atoms with van der Waals surface area (Å²) in [7, 11) is 2.94. The van der Waals surface area contributed by atoms with Gasteiger partial charge in [0, 0.05) is 12.2 Å². The first-order valence-electron chi connectivity index (χ1n) is 8.87. The van der Waals surface area contributed by atoms with E-state index in [0.29, 0.717) is 23.6 Å². The Morgan fingerprint density at radius 1 is 1.23 bits per heavy atom. The van der Waals surface area contributed by atoms with Crippen molar-refractivity contribution in [2.45, 2.75) is 25.3 Å². The van der Waals surface area contributed by atoms with Gasteiger partial charge < -0.3 is 20.1 Å². The lowest BCUT2D eigenvalue weighted by Gasteiger charge is -2.33. The number of amides is 2. The summed E-state index contributed by atoms with van der Waals surface area (Å²) in [5.74, 6) is 0.217. The number of carbonyl (C=O) groups excluding carboxylic acids is 2. The van der Waals surface area contributed by atoms with E-state index in [2.05, 4.69) is 15.5 Å². The van der Waals surface area contributed by atoms with Crippen molar-refractivity contribution in [3.63, 3.8) is 0 Å². The molecular weight excluding hydrogens is 334 g/mol. The van der Waals surface area contributed by atoms with Gasteiger partial charge in [0.15, 0.2) is 0 Å². The highest BCUT2D eigenvalue weighted by atomic mass is 16.5. The first-order valence-corrected chi connectivity index (χ1v) is 8.87. The van der Waals surface area contributed by atoms with Gasteiger partial charge in [0.1, 0.15) is 5.75 Å². The van der Waals surface area contributed by atoms with E-state index in [1.807, 2.05) is 24.3 Å². The standard InChI is InChI=1S/C19H25N3O4/c1-25-14-8-6-7-13(11-14)17-16(18(23)26-2)15(20-19(24)21-17)12-22-9-4-3-5-10-22/h6-8,11,17H,3-5,9-10,12H2,1-2H3,(H2,20,21,24)/t17-/m0/s1. The Labute approximate surface area is 153 Å². The summed E-state index contributed by atoms with van der Waals surface area (Å²) in [4.78, 5) is 27.1. The number of nitrogens with zero attached hydrogens (tertiary/aromatic N) is 1. The Bertz CT molecular complexity index is 710. The van der Waals surface area contributed by atoms with Crippen LogP contribution in [0.2, 0.25) is 0 Å². The van der Waals surface area contributed by atoms with Crippen LogP contribution < -0.4 is 15.4 Å². The van der Waals surface area contributed by atoms with Gasteiger partial charge in [0.2, 0.25) is 0 Å². The van der Waals surface area contributed by atoms with Gasteiger partial charge >= 0.3 is 12.0 Å². The minimum Gasteiger partial charge on any atom is -0.497 e. The van der Waals surface area contributed by atoms with Crippen LogP contribution in [0, 0.1) is 0 Å². The fraction of sp³-hybridized carbons (Fsp3) is 0.474. The summed E-state index contributed by atoms with van der Waals surface area (Å²) < 4.78 is 10.3. The molecule has 1 aromatic carbocycles. The van der Waals surface area contributed by atoms with Crippen molar-refractivity contribution in [3.05, 3.63) is 41.1 Å². The summed E-state index contributed by atoms with van der Waals surface area (Å²) >= 11 is 0. The third-order valence-corrected chi connectivity index (χ3v) is 4.82. The fourth-order valence-corrected chi connectivity index (χ4v) is 3.51. The molecule has 2 aliphatic heterocycles. The summed E-state index contributed by atoms with van der Waals surface area (Å²) in [6.07, 6.45) is 3.48. The average molecular weight is 359 g/mol. The van der Waals surface area contributed by atoms with E-state index in [-0.39, 0.29) is 6.03 Å². The maximum atomic E-state index is 12.5. The first-order chi connectivity index (χ1) is 12.6. The summed E-state index contributed by atoms with van der Waals surface area (Å²) in [6.45, 7) is 2.45. The third kappa shape index (κ3) is 3.99. The van der Waals surface area contributed by atoms with E-state index in [9.17, 15) is 9.59 Å². The molecule has 1 fully saturated rings. The van der Waals surface area contributed by atoms with Crippen LogP contribution in [-0.4, -0.2) is 50.8 Å². The Morgan fingerprint density at radius 2 is 2.00 bits per heavy atom. The molecule has 0 saturated carbocycles. The number of hydrogen-bond donors (Lipinski definition) is 2. The molecule has 2 amide bonds. The normalized spacial score (nSPS) is 21.0. The second-order valence-electron chi connectivity index (χ2n) is 6.53. The topological polar surface area (TPSA) is 79.9 Å². The Balaban J connectivity index is 1.98. The molecule has 140 valence electrons. The van der Waals surface area contributed by atoms with E-state index in [0.717, 1.165) is 31.5 Å². The van der Waals surface area contributed by atoms with Gasteiger partial charge in [-0.3, -0.25) is 4.90 Å². The van der Waals surface area contributed by atoms with Crippen molar-refractivity contribution in [1.29, 1.82) is 0 Å². The van der Waals surface area contributed by atoms with Crippen molar-refractivity contribution in [1.82, 2.24) is 15.5 Å². The first kappa shape index (κ1) is 18.3. The zero-order valence-electron chi connectivity index (χ0n) is 15.2. The van der Waals surface area contributed by atoms with Gasteiger partial charge in [0.05, 0.1) is 25.8 Å². The van der Waals surface area contributed by atoms with E-state index >= 15 is 0 Å². The second kappa shape index (κ2) is 8.23. The molecule has 0 aromatic heterocycles. The molecule has 0 bridgehead atoms. The Morgan fingerprint density at radius 3 is 2.69 bits per heavy atom. The summed E-state index contributed by atoms with van der Waals surface area (Å²) in [5.41, 5.74) is 1.82. The van der Waals surface area contributed by atoms with Crippen molar-refractivity contribution in [3.8, 4) is 5.75 Å². The lowest BCUT2D eigenvalue weighted by Crippen LogP contribution is -2.48. The van der Waals surface area contributed by atoms with E-state index < -0.39 is 12.0 Å². The molecular formula is C19H25N3O4. The Hall–Kier alpha value is -2.54. The molecule has 7 heteroatoms. The molecule has 7 nitrogen and oxygen atoms in total. The van der Waals surface area contributed by atoms with Gasteiger partial charge in [-0.2, -0.15) is 0 Å². The third-order valence-electron chi connectivity index (χ3n) is 4.82. The van der Waals surface area contributed by atoms with Crippen LogP contribution in [0.1, 0.15) is 30.9 Å². The molecule has 1 saturated heterocycles. The minimum absolute atomic E-state index is 0.322. The van der Waals surface area contributed by atoms with Crippen molar-refractivity contribution >= 4 is 12.0 Å². The van der Waals surface area contributed by atoms with Gasteiger partial charge in [-0.1, -0.05) is 18.6 Å². The van der Waals surface area contributed by atoms with Gasteiger partial charge in [-0.05, 0) is 43.6 Å². The predicted octanol–water partition coefficient (Wildman–Crippen LogP) is 1.96. The highest BCUT2D eigenvalue weighted by Gasteiger charge is 2.34. The molecule has 2 heterocycles. The molecule has 0 unspecified atom stereocenters. The number of hydrogen-bond acceptors (Lipinski definition) is 5. The number of esters is 1. The molecule has 0 aliphatic carbocycles. The quantitative estimate of drug-likeness (QED) is 0.786. The molecule has 1 aromatic rings. The highest BCUT2D eigenvalue weighted by molar-refractivity contribution is 5.95. The van der Waals surface area contributed by atoms with Gasteiger partial charge in [0.25, 0.3) is 0 Å². The number of piperidine rings is 1. The average Bonchev–Trinajstić information content (AvgIpc) is 2.68. The lowest BCUT2D eigenvalue weighted by atomic mass is 9.94. The van der Waals surface area contributed by atoms with E-state index in [1.165, 1.54) is 13.5 Å². The van der Waals surface area contributed by atoms with Crippen LogP contribution in [0.25, 0.3) is 0 Å². The number of nitrogens with one attached hydrogen (secondary N) is 2. The largest absolute Gasteiger partial charge is 0.497 e. The van der Waals surface area contributed by atoms with Crippen LogP contribution in [0.15, 0.2) is 35.5 Å². The number of urea groups is 1. The monoisotopic (exact) mass is 359 g/mol. The van der Waals surface area contributed by atoms with E-state index in [4.69, 9.17) is 9.47 Å². The number of likely N-dealkylation sites (tertiary alicyclic amines) is 1. The minimum atomic E-state index is -0.578. The van der Waals surface area contributed by atoms with Crippen molar-refractivity contribution < 1.29 is 19.1 Å². The molecule has 1 atom stereocenters. The maximum Gasteiger partial charge on any atom is 0.338 e. The van der Waals surface area contributed by atoms with Crippen molar-refractivity contribution in [2.24, 2.45) is 0 Å². The SMILES string of the molecule is COC(=O)C1=C(CN2CCCCC2)NC(=O)N[C@H]1c1cccc(OC)c1. The second-order valence-corrected chi connectivity index (χ2v) is 6.53. The van der Waals surface area contributed by atoms with Crippen LogP contribution in [-0.2, 0) is 9.53 Å². The number of methoxy groups -OCH3 is 2. The molecule has 2 aliphatic rings. The summed E-state index contributed by atoms with van der Waals surface area (Å²) in [6, 6.07) is 6.44. The fourth-order valence-electron chi connectivity index (χ4n) is 3.51.